The number of nitrogens with zero attached hydrogens (tertiary/aromatic N) is 1. The van der Waals surface area contributed by atoms with Gasteiger partial charge in [-0.2, -0.15) is 0 Å². The molecule has 1 heterocycles. The molecule has 0 atom stereocenters. The third-order valence-corrected chi connectivity index (χ3v) is 3.45. The van der Waals surface area contributed by atoms with Gasteiger partial charge in [0.15, 0.2) is 0 Å². The molecule has 1 aliphatic carbocycles. The van der Waals surface area contributed by atoms with Crippen molar-refractivity contribution in [1.29, 1.82) is 0 Å². The molecule has 1 aliphatic rings. The molecule has 0 unspecified atom stereocenters. The molecule has 0 bridgehead atoms. The quantitative estimate of drug-likeness (QED) is 0.889. The highest BCUT2D eigenvalue weighted by Gasteiger charge is 2.18. The number of nitrogens with one attached hydrogen (secondary N) is 2. The summed E-state index contributed by atoms with van der Waals surface area (Å²) in [6, 6.07) is 4.03. The van der Waals surface area contributed by atoms with Crippen molar-refractivity contribution in [3.05, 3.63) is 24.0 Å². The Balaban J connectivity index is 2.00. The maximum Gasteiger partial charge on any atom is 0.270 e. The molecule has 2 rings (SSSR count). The fourth-order valence-corrected chi connectivity index (χ4v) is 2.57. The van der Waals surface area contributed by atoms with E-state index in [2.05, 4.69) is 36.4 Å². The van der Waals surface area contributed by atoms with Crippen LogP contribution in [0.4, 0.5) is 5.69 Å². The number of anilines is 1. The predicted octanol–water partition coefficient (Wildman–Crippen LogP) is 3.35. The second kappa shape index (κ2) is 6.25. The average Bonchev–Trinajstić information content (AvgIpc) is 2.38. The monoisotopic (exact) mass is 275 g/mol. The molecule has 2 N–H and O–H groups in total. The molecule has 4 nitrogen and oxygen atoms in total. The molecule has 1 aromatic heterocycles. The molecule has 0 saturated heterocycles. The first-order chi connectivity index (χ1) is 9.44. The van der Waals surface area contributed by atoms with Crippen molar-refractivity contribution < 1.29 is 4.79 Å². The van der Waals surface area contributed by atoms with Crippen molar-refractivity contribution in [2.75, 3.05) is 5.32 Å². The highest BCUT2D eigenvalue weighted by Crippen LogP contribution is 2.18. The van der Waals surface area contributed by atoms with Crippen molar-refractivity contribution in [3.63, 3.8) is 0 Å². The smallest absolute Gasteiger partial charge is 0.270 e. The molecule has 0 aromatic carbocycles. The summed E-state index contributed by atoms with van der Waals surface area (Å²) in [6.07, 6.45) is 7.57. The summed E-state index contributed by atoms with van der Waals surface area (Å²) in [6.45, 7) is 6.28. The van der Waals surface area contributed by atoms with E-state index < -0.39 is 0 Å². The van der Waals surface area contributed by atoms with Crippen molar-refractivity contribution in [1.82, 2.24) is 10.3 Å². The van der Waals surface area contributed by atoms with E-state index >= 15 is 0 Å². The summed E-state index contributed by atoms with van der Waals surface area (Å²) < 4.78 is 0. The Morgan fingerprint density at radius 2 is 1.95 bits per heavy atom. The zero-order chi connectivity index (χ0) is 14.6. The van der Waals surface area contributed by atoms with Crippen LogP contribution in [0.15, 0.2) is 18.3 Å². The van der Waals surface area contributed by atoms with Gasteiger partial charge in [-0.15, -0.1) is 0 Å². The number of hydrogen-bond acceptors (Lipinski definition) is 3. The standard InChI is InChI=1S/C16H25N3O/c1-16(2,3)19-13-9-10-17-14(11-13)15(20)18-12-7-5-4-6-8-12/h9-12H,4-8H2,1-3H3,(H,17,19)(H,18,20). The maximum atomic E-state index is 12.2. The van der Waals surface area contributed by atoms with Crippen molar-refractivity contribution in [2.24, 2.45) is 0 Å². The van der Waals surface area contributed by atoms with Crippen molar-refractivity contribution >= 4 is 11.6 Å². The van der Waals surface area contributed by atoms with E-state index in [1.165, 1.54) is 19.3 Å². The third-order valence-electron chi connectivity index (χ3n) is 3.45. The van der Waals surface area contributed by atoms with Gasteiger partial charge in [-0.05, 0) is 45.7 Å². The van der Waals surface area contributed by atoms with Crippen LogP contribution in [0.25, 0.3) is 0 Å². The van der Waals surface area contributed by atoms with Gasteiger partial charge in [0.05, 0.1) is 0 Å². The fraction of sp³-hybridized carbons (Fsp3) is 0.625. The zero-order valence-corrected chi connectivity index (χ0v) is 12.7. The Kier molecular flexibility index (Phi) is 4.63. The van der Waals surface area contributed by atoms with E-state index in [1.807, 2.05) is 12.1 Å². The third kappa shape index (κ3) is 4.51. The van der Waals surface area contributed by atoms with Crippen LogP contribution in [0.3, 0.4) is 0 Å². The van der Waals surface area contributed by atoms with E-state index in [0.29, 0.717) is 11.7 Å². The van der Waals surface area contributed by atoms with Gasteiger partial charge in [-0.3, -0.25) is 9.78 Å². The highest BCUT2D eigenvalue weighted by atomic mass is 16.1. The first kappa shape index (κ1) is 14.8. The van der Waals surface area contributed by atoms with E-state index in [1.54, 1.807) is 6.20 Å². The summed E-state index contributed by atoms with van der Waals surface area (Å²) >= 11 is 0. The van der Waals surface area contributed by atoms with Gasteiger partial charge >= 0.3 is 0 Å². The van der Waals surface area contributed by atoms with Crippen molar-refractivity contribution in [3.8, 4) is 0 Å². The number of carbonyl (C=O) groups is 1. The molecule has 1 amide bonds. The van der Waals surface area contributed by atoms with Gasteiger partial charge in [-0.25, -0.2) is 0 Å². The van der Waals surface area contributed by atoms with Gasteiger partial charge in [0.2, 0.25) is 0 Å². The fourth-order valence-electron chi connectivity index (χ4n) is 2.57. The van der Waals surface area contributed by atoms with Crippen LogP contribution in [0.5, 0.6) is 0 Å². The molecule has 1 saturated carbocycles. The normalized spacial score (nSPS) is 16.8. The van der Waals surface area contributed by atoms with E-state index in [4.69, 9.17) is 0 Å². The van der Waals surface area contributed by atoms with Gasteiger partial charge in [0.25, 0.3) is 5.91 Å². The molecule has 0 radical (unpaired) electrons. The average molecular weight is 275 g/mol. The van der Waals surface area contributed by atoms with Crippen LogP contribution in [-0.2, 0) is 0 Å². The van der Waals surface area contributed by atoms with Crippen LogP contribution >= 0.6 is 0 Å². The van der Waals surface area contributed by atoms with Gasteiger partial charge < -0.3 is 10.6 Å². The predicted molar refractivity (Wildman–Crippen MR) is 82.0 cm³/mol. The molecule has 4 heteroatoms. The minimum atomic E-state index is -0.0607. The molecule has 0 spiro atoms. The summed E-state index contributed by atoms with van der Waals surface area (Å²) in [7, 11) is 0. The SMILES string of the molecule is CC(C)(C)Nc1ccnc(C(=O)NC2CCCCC2)c1. The minimum Gasteiger partial charge on any atom is -0.380 e. The Morgan fingerprint density at radius 1 is 1.25 bits per heavy atom. The largest absolute Gasteiger partial charge is 0.380 e. The molecular formula is C16H25N3O. The summed E-state index contributed by atoms with van der Waals surface area (Å²) in [5, 5.41) is 6.46. The molecule has 1 fully saturated rings. The Bertz CT molecular complexity index is 459. The highest BCUT2D eigenvalue weighted by molar-refractivity contribution is 5.93. The summed E-state index contributed by atoms with van der Waals surface area (Å²) in [4.78, 5) is 16.4. The lowest BCUT2D eigenvalue weighted by molar-refractivity contribution is 0.0922. The van der Waals surface area contributed by atoms with Crippen LogP contribution in [0.2, 0.25) is 0 Å². The first-order valence-corrected chi connectivity index (χ1v) is 7.49. The second-order valence-corrected chi connectivity index (χ2v) is 6.61. The number of aromatic nitrogens is 1. The molecule has 1 aromatic rings. The molecule has 110 valence electrons. The lowest BCUT2D eigenvalue weighted by atomic mass is 9.95. The Hall–Kier alpha value is -1.58. The molecular weight excluding hydrogens is 250 g/mol. The van der Waals surface area contributed by atoms with E-state index in [0.717, 1.165) is 18.5 Å². The van der Waals surface area contributed by atoms with Crippen molar-refractivity contribution in [2.45, 2.75) is 64.5 Å². The topological polar surface area (TPSA) is 54.0 Å². The van der Waals surface area contributed by atoms with Crippen LogP contribution in [-0.4, -0.2) is 22.5 Å². The number of hydrogen-bond donors (Lipinski definition) is 2. The lowest BCUT2D eigenvalue weighted by Crippen LogP contribution is -2.36. The number of amides is 1. The molecule has 0 aliphatic heterocycles. The van der Waals surface area contributed by atoms with Crippen LogP contribution in [0.1, 0.15) is 63.4 Å². The Morgan fingerprint density at radius 3 is 2.60 bits per heavy atom. The number of carbonyl (C=O) groups excluding carboxylic acids is 1. The Labute approximate surface area is 121 Å². The van der Waals surface area contributed by atoms with Crippen LogP contribution < -0.4 is 10.6 Å². The first-order valence-electron chi connectivity index (χ1n) is 7.49. The lowest BCUT2D eigenvalue weighted by Gasteiger charge is -2.23. The maximum absolute atomic E-state index is 12.2. The second-order valence-electron chi connectivity index (χ2n) is 6.61. The molecule has 20 heavy (non-hydrogen) atoms. The number of pyridine rings is 1. The van der Waals surface area contributed by atoms with Gasteiger partial charge in [0.1, 0.15) is 5.69 Å². The summed E-state index contributed by atoms with van der Waals surface area (Å²) in [5.74, 6) is -0.0607. The summed E-state index contributed by atoms with van der Waals surface area (Å²) in [5.41, 5.74) is 1.39. The van der Waals surface area contributed by atoms with Gasteiger partial charge in [0, 0.05) is 23.5 Å². The van der Waals surface area contributed by atoms with Crippen LogP contribution in [0, 0.1) is 0 Å². The van der Waals surface area contributed by atoms with Gasteiger partial charge in [-0.1, -0.05) is 19.3 Å². The minimum absolute atomic E-state index is 0.0293. The van der Waals surface area contributed by atoms with E-state index in [-0.39, 0.29) is 11.4 Å². The zero-order valence-electron chi connectivity index (χ0n) is 12.7. The number of rotatable bonds is 3. The van der Waals surface area contributed by atoms with E-state index in [9.17, 15) is 4.79 Å².